The molecule has 0 saturated carbocycles. The fraction of sp³-hybridized carbons (Fsp3) is 0.628. The zero-order chi connectivity index (χ0) is 54.2. The number of anilines is 1. The van der Waals surface area contributed by atoms with Crippen molar-refractivity contribution in [2.45, 2.75) is 35.5 Å². The van der Waals surface area contributed by atoms with Crippen LogP contribution in [-0.4, -0.2) is 233 Å². The summed E-state index contributed by atoms with van der Waals surface area (Å²) in [5.41, 5.74) is -1.95. The maximum Gasteiger partial charge on any atom is 0.397 e. The normalized spacial score (nSPS) is 13.8. The Kier molecular flexibility index (Phi) is 21.4. The van der Waals surface area contributed by atoms with Crippen LogP contribution < -0.4 is 9.64 Å². The molecule has 0 spiro atoms. The van der Waals surface area contributed by atoms with Crippen molar-refractivity contribution in [1.82, 2.24) is 28.2 Å². The predicted octanol–water partition coefficient (Wildman–Crippen LogP) is 2.26. The van der Waals surface area contributed by atoms with E-state index in [-0.39, 0.29) is 50.2 Å². The van der Waals surface area contributed by atoms with Gasteiger partial charge in [-0.15, -0.1) is 0 Å². The molecule has 4 rings (SSSR count). The van der Waals surface area contributed by atoms with Gasteiger partial charge in [0.1, 0.15) is 12.4 Å². The van der Waals surface area contributed by atoms with Crippen molar-refractivity contribution in [2.75, 3.05) is 154 Å². The number of sulfonamides is 2. The number of rotatable bonds is 33. The minimum atomic E-state index is -5.32. The molecule has 0 radical (unpaired) electrons. The summed E-state index contributed by atoms with van der Waals surface area (Å²) in [5.74, 6) is -0.0770. The van der Waals surface area contributed by atoms with Gasteiger partial charge in [0.2, 0.25) is 20.0 Å². The standard InChI is InChI=1S/C43H71N7O17S5/c1-44(2)19-11-21-47(7)23-13-25-49(9)68(51,52)39-28-40(69(53,54)50(10)26-14-24-48(8)22-12-20-45(3)4)36-18-16-34-38(27-37(46(5)6)33-15-17-35(39)42(36)41(33)34)64-29-43(30-65-70(55,56)57,31-66-71(58,59)60)32-67-72(61,62)63/h15-18,27-28H,11-14,19-26,29-32H2,1-10H3,(H,55,56,57)(H,58,59,60)(H,61,62,63). The van der Waals surface area contributed by atoms with E-state index in [4.69, 9.17) is 4.74 Å². The Balaban J connectivity index is 1.96. The highest BCUT2D eigenvalue weighted by molar-refractivity contribution is 7.90. The summed E-state index contributed by atoms with van der Waals surface area (Å²) in [6.45, 7) is -0.133. The van der Waals surface area contributed by atoms with Crippen molar-refractivity contribution in [3.63, 3.8) is 0 Å². The van der Waals surface area contributed by atoms with Crippen molar-refractivity contribution in [1.29, 1.82) is 0 Å². The third kappa shape index (κ3) is 17.2. The molecule has 0 bridgehead atoms. The van der Waals surface area contributed by atoms with Crippen LogP contribution in [0.4, 0.5) is 5.69 Å². The molecular formula is C43H71N7O17S5. The Bertz CT molecular complexity index is 2860. The van der Waals surface area contributed by atoms with E-state index in [1.165, 1.54) is 47.0 Å². The lowest BCUT2D eigenvalue weighted by atomic mass is 9.91. The van der Waals surface area contributed by atoms with E-state index in [1.807, 2.05) is 42.3 Å². The van der Waals surface area contributed by atoms with Crippen LogP contribution in [0.1, 0.15) is 25.7 Å². The molecule has 4 aromatic carbocycles. The third-order valence-electron chi connectivity index (χ3n) is 12.0. The molecule has 3 N–H and O–H groups in total. The molecular weight excluding hydrogens is 1050 g/mol. The largest absolute Gasteiger partial charge is 0.492 e. The predicted molar refractivity (Wildman–Crippen MR) is 275 cm³/mol. The molecule has 410 valence electrons. The van der Waals surface area contributed by atoms with Crippen LogP contribution in [0, 0.1) is 5.41 Å². The summed E-state index contributed by atoms with van der Waals surface area (Å²) in [5, 5.41) is 1.58. The Morgan fingerprint density at radius 2 is 0.792 bits per heavy atom. The highest BCUT2D eigenvalue weighted by Crippen LogP contribution is 2.47. The average molecular weight is 1120 g/mol. The van der Waals surface area contributed by atoms with E-state index < -0.39 is 83.1 Å². The second-order valence-corrected chi connectivity index (χ2v) is 26.2. The number of hydrogen-bond donors (Lipinski definition) is 3. The minimum absolute atomic E-state index is 0.0770. The highest BCUT2D eigenvalue weighted by Gasteiger charge is 2.39. The molecule has 0 aromatic heterocycles. The van der Waals surface area contributed by atoms with E-state index in [0.29, 0.717) is 42.4 Å². The first-order chi connectivity index (χ1) is 33.2. The molecule has 72 heavy (non-hydrogen) atoms. The monoisotopic (exact) mass is 1120 g/mol. The van der Waals surface area contributed by atoms with Crippen LogP contribution in [0.3, 0.4) is 0 Å². The Morgan fingerprint density at radius 1 is 0.444 bits per heavy atom. The summed E-state index contributed by atoms with van der Waals surface area (Å²) in [7, 11) is -6.78. The fourth-order valence-electron chi connectivity index (χ4n) is 8.11. The van der Waals surface area contributed by atoms with E-state index in [0.717, 1.165) is 39.0 Å². The first-order valence-corrected chi connectivity index (χ1v) is 29.7. The van der Waals surface area contributed by atoms with Crippen LogP contribution in [0.15, 0.2) is 46.2 Å². The van der Waals surface area contributed by atoms with Gasteiger partial charge in [0, 0.05) is 85.4 Å². The van der Waals surface area contributed by atoms with Gasteiger partial charge in [-0.2, -0.15) is 25.3 Å². The minimum Gasteiger partial charge on any atom is -0.492 e. The van der Waals surface area contributed by atoms with Crippen molar-refractivity contribution >= 4 is 89.2 Å². The number of nitrogens with zero attached hydrogens (tertiary/aromatic N) is 7. The van der Waals surface area contributed by atoms with Crippen molar-refractivity contribution in [3.8, 4) is 5.75 Å². The van der Waals surface area contributed by atoms with Crippen LogP contribution >= 0.6 is 0 Å². The van der Waals surface area contributed by atoms with Crippen molar-refractivity contribution in [2.24, 2.45) is 5.41 Å². The molecule has 0 amide bonds. The Morgan fingerprint density at radius 3 is 1.15 bits per heavy atom. The van der Waals surface area contributed by atoms with Gasteiger partial charge in [-0.25, -0.2) is 38.0 Å². The third-order valence-corrected chi connectivity index (χ3v) is 17.1. The van der Waals surface area contributed by atoms with E-state index in [2.05, 4.69) is 32.1 Å². The average Bonchev–Trinajstić information content (AvgIpc) is 3.26. The number of ether oxygens (including phenoxy) is 1. The van der Waals surface area contributed by atoms with Gasteiger partial charge in [0.05, 0.1) is 35.0 Å². The summed E-state index contributed by atoms with van der Waals surface area (Å²) >= 11 is 0. The topological polar surface area (TPSA) is 291 Å². The number of hydrogen-bond acceptors (Lipinski definition) is 19. The lowest BCUT2D eigenvalue weighted by Crippen LogP contribution is -2.44. The van der Waals surface area contributed by atoms with Crippen molar-refractivity contribution in [3.05, 3.63) is 36.4 Å². The first-order valence-electron chi connectivity index (χ1n) is 22.7. The van der Waals surface area contributed by atoms with Gasteiger partial charge in [0.15, 0.2) is 0 Å². The molecule has 24 nitrogen and oxygen atoms in total. The second kappa shape index (κ2) is 25.1. The maximum absolute atomic E-state index is 14.9. The molecule has 0 unspecified atom stereocenters. The van der Waals surface area contributed by atoms with Gasteiger partial charge in [-0.1, -0.05) is 18.2 Å². The molecule has 4 aromatic rings. The number of benzene rings is 4. The van der Waals surface area contributed by atoms with Gasteiger partial charge in [0.25, 0.3) is 0 Å². The van der Waals surface area contributed by atoms with Gasteiger partial charge in [-0.05, 0) is 119 Å². The summed E-state index contributed by atoms with van der Waals surface area (Å²) in [6.07, 6.45) is 2.75. The zero-order valence-electron chi connectivity index (χ0n) is 42.5. The highest BCUT2D eigenvalue weighted by atomic mass is 32.3. The molecule has 0 saturated heterocycles. The van der Waals surface area contributed by atoms with Crippen molar-refractivity contribution < 1.29 is 73.0 Å². The summed E-state index contributed by atoms with van der Waals surface area (Å²) in [4.78, 5) is 9.47. The van der Waals surface area contributed by atoms with Crippen LogP contribution in [0.2, 0.25) is 0 Å². The zero-order valence-corrected chi connectivity index (χ0v) is 46.6. The second-order valence-electron chi connectivity index (χ2n) is 18.9. The molecule has 0 fully saturated rings. The Labute approximate surface area is 425 Å². The van der Waals surface area contributed by atoms with E-state index in [1.54, 1.807) is 31.1 Å². The van der Waals surface area contributed by atoms with Crippen LogP contribution in [0.5, 0.6) is 5.75 Å². The molecule has 0 heterocycles. The van der Waals surface area contributed by atoms with Gasteiger partial charge < -0.3 is 29.2 Å². The maximum atomic E-state index is 14.9. The van der Waals surface area contributed by atoms with E-state index >= 15 is 0 Å². The van der Waals surface area contributed by atoms with Crippen LogP contribution in [-0.2, 0) is 63.8 Å². The van der Waals surface area contributed by atoms with Crippen LogP contribution in [0.25, 0.3) is 32.3 Å². The Hall–Kier alpha value is -3.21. The summed E-state index contributed by atoms with van der Waals surface area (Å²) < 4.78 is 181. The van der Waals surface area contributed by atoms with E-state index in [9.17, 15) is 55.7 Å². The molecule has 0 atom stereocenters. The van der Waals surface area contributed by atoms with Gasteiger partial charge in [-0.3, -0.25) is 13.7 Å². The lowest BCUT2D eigenvalue weighted by Gasteiger charge is -2.31. The van der Waals surface area contributed by atoms with Gasteiger partial charge >= 0.3 is 31.2 Å². The molecule has 0 aliphatic heterocycles. The lowest BCUT2D eigenvalue weighted by molar-refractivity contribution is -0.00562. The quantitative estimate of drug-likeness (QED) is 0.0455. The molecule has 29 heteroatoms. The summed E-state index contributed by atoms with van der Waals surface area (Å²) in [6, 6.07) is 8.96. The molecule has 0 aliphatic rings. The molecule has 0 aliphatic carbocycles. The SMILES string of the molecule is CN(C)CCCN(C)CCCN(C)S(=O)(=O)c1cc(S(=O)(=O)N(C)CCCN(C)CCCN(C)C)c2ccc3c(N(C)C)cc(OCC(COS(=O)(=O)O)(COS(=O)(=O)O)COS(=O)(=O)O)c4ccc1c2c43. The smallest absolute Gasteiger partial charge is 0.397 e. The fourth-order valence-corrected chi connectivity index (χ4v) is 12.2. The first kappa shape index (κ1) is 61.3.